The number of hydrogen-bond donors (Lipinski definition) is 1. The van der Waals surface area contributed by atoms with Crippen LogP contribution in [-0.4, -0.2) is 29.7 Å². The molecule has 0 saturated heterocycles. The Labute approximate surface area is 180 Å². The van der Waals surface area contributed by atoms with Gasteiger partial charge in [-0.1, -0.05) is 28.9 Å². The zero-order valence-electron chi connectivity index (χ0n) is 16.4. The van der Waals surface area contributed by atoms with Crippen LogP contribution in [0.2, 0.25) is 0 Å². The van der Waals surface area contributed by atoms with Gasteiger partial charge in [0, 0.05) is 21.5 Å². The smallest absolute Gasteiger partial charge is 0.137 e. The van der Waals surface area contributed by atoms with Crippen LogP contribution in [0.3, 0.4) is 0 Å². The van der Waals surface area contributed by atoms with Crippen LogP contribution in [0.25, 0.3) is 10.9 Å². The van der Waals surface area contributed by atoms with Crippen molar-refractivity contribution in [2.75, 3.05) is 0 Å². The summed E-state index contributed by atoms with van der Waals surface area (Å²) in [5.41, 5.74) is -0.151. The Morgan fingerprint density at radius 1 is 1.20 bits per heavy atom. The van der Waals surface area contributed by atoms with Crippen LogP contribution in [0.4, 0.5) is 8.78 Å². The molecule has 4 rings (SSSR count). The Balaban J connectivity index is 1.91. The van der Waals surface area contributed by atoms with Gasteiger partial charge in [0.2, 0.25) is 0 Å². The summed E-state index contributed by atoms with van der Waals surface area (Å²) in [6.07, 6.45) is 3.47. The molecule has 2 aromatic carbocycles. The van der Waals surface area contributed by atoms with Crippen molar-refractivity contribution in [3.8, 4) is 0 Å². The summed E-state index contributed by atoms with van der Waals surface area (Å²) < 4.78 is 32.4. The van der Waals surface area contributed by atoms with Crippen LogP contribution < -0.4 is 0 Å². The van der Waals surface area contributed by atoms with Crippen molar-refractivity contribution in [1.29, 1.82) is 0 Å². The zero-order valence-corrected chi connectivity index (χ0v) is 18.0. The van der Waals surface area contributed by atoms with Crippen molar-refractivity contribution < 1.29 is 13.9 Å². The van der Waals surface area contributed by atoms with E-state index in [9.17, 15) is 13.9 Å². The first-order valence-corrected chi connectivity index (χ1v) is 10.3. The highest BCUT2D eigenvalue weighted by Gasteiger charge is 2.41. The number of rotatable bonds is 6. The summed E-state index contributed by atoms with van der Waals surface area (Å²) in [4.78, 5) is 3.91. The Morgan fingerprint density at radius 3 is 2.67 bits per heavy atom. The van der Waals surface area contributed by atoms with Gasteiger partial charge < -0.3 is 5.11 Å². The van der Waals surface area contributed by atoms with Crippen molar-refractivity contribution in [2.45, 2.75) is 38.5 Å². The Morgan fingerprint density at radius 2 is 2.00 bits per heavy atom. The molecule has 30 heavy (non-hydrogen) atoms. The number of benzene rings is 2. The number of halogens is 3. The topological polar surface area (TPSA) is 68.8 Å². The van der Waals surface area contributed by atoms with Crippen molar-refractivity contribution in [3.05, 3.63) is 76.4 Å². The molecule has 0 bridgehead atoms. The highest BCUT2D eigenvalue weighted by molar-refractivity contribution is 9.10. The molecular formula is C21H20BrF2N5O. The molecule has 2 heterocycles. The van der Waals surface area contributed by atoms with Gasteiger partial charge in [-0.25, -0.2) is 18.4 Å². The van der Waals surface area contributed by atoms with Gasteiger partial charge in [0.05, 0.1) is 23.8 Å². The summed E-state index contributed by atoms with van der Waals surface area (Å²) in [6, 6.07) is 8.26. The van der Waals surface area contributed by atoms with Crippen LogP contribution in [0.15, 0.2) is 53.5 Å². The maximum Gasteiger partial charge on any atom is 0.137 e. The first-order valence-electron chi connectivity index (χ1n) is 9.50. The monoisotopic (exact) mass is 475 g/mol. The number of aliphatic hydroxyl groups is 1. The molecule has 1 N–H and O–H groups in total. The standard InChI is InChI=1S/C21H20BrF2N5O/c1-3-19-16-6-4-14(22)8-20(16)29(27-19)13(2)21(30,10-28-12-25-11-26-28)17-7-5-15(23)9-18(17)24/h4-9,11-13,30H,3,10H2,1-2H3/t13-,21-/m1/s1. The molecule has 0 unspecified atom stereocenters. The lowest BCUT2D eigenvalue weighted by molar-refractivity contribution is -0.0355. The third-order valence-corrected chi connectivity index (χ3v) is 5.90. The highest BCUT2D eigenvalue weighted by atomic mass is 79.9. The van der Waals surface area contributed by atoms with Crippen LogP contribution in [0, 0.1) is 11.6 Å². The van der Waals surface area contributed by atoms with E-state index in [-0.39, 0.29) is 12.1 Å². The van der Waals surface area contributed by atoms with Crippen molar-refractivity contribution in [2.24, 2.45) is 0 Å². The zero-order chi connectivity index (χ0) is 21.5. The summed E-state index contributed by atoms with van der Waals surface area (Å²) in [7, 11) is 0. The van der Waals surface area contributed by atoms with Gasteiger partial charge in [-0.05, 0) is 37.6 Å². The fourth-order valence-electron chi connectivity index (χ4n) is 3.78. The third kappa shape index (κ3) is 3.52. The first kappa shape index (κ1) is 20.6. The number of aryl methyl sites for hydroxylation is 1. The quantitative estimate of drug-likeness (QED) is 0.449. The Kier molecular flexibility index (Phi) is 5.42. The minimum Gasteiger partial charge on any atom is -0.381 e. The lowest BCUT2D eigenvalue weighted by atomic mass is 9.86. The molecule has 0 radical (unpaired) electrons. The summed E-state index contributed by atoms with van der Waals surface area (Å²) in [6.45, 7) is 3.67. The third-order valence-electron chi connectivity index (χ3n) is 5.41. The molecular weight excluding hydrogens is 456 g/mol. The van der Waals surface area contributed by atoms with Crippen LogP contribution in [0.1, 0.15) is 31.1 Å². The minimum absolute atomic E-state index is 0.0383. The van der Waals surface area contributed by atoms with E-state index in [0.29, 0.717) is 6.42 Å². The fraction of sp³-hybridized carbons (Fsp3) is 0.286. The normalized spacial score (nSPS) is 14.7. The summed E-state index contributed by atoms with van der Waals surface area (Å²) in [5.74, 6) is -1.55. The second kappa shape index (κ2) is 7.88. The average Bonchev–Trinajstić information content (AvgIpc) is 3.34. The Hall–Kier alpha value is -2.65. The van der Waals surface area contributed by atoms with E-state index < -0.39 is 23.3 Å². The van der Waals surface area contributed by atoms with Gasteiger partial charge in [-0.15, -0.1) is 0 Å². The van der Waals surface area contributed by atoms with Gasteiger partial charge >= 0.3 is 0 Å². The van der Waals surface area contributed by atoms with Gasteiger partial charge in [0.1, 0.15) is 29.9 Å². The molecule has 0 fully saturated rings. The van der Waals surface area contributed by atoms with Crippen LogP contribution in [0.5, 0.6) is 0 Å². The van der Waals surface area contributed by atoms with Crippen LogP contribution >= 0.6 is 15.9 Å². The summed E-state index contributed by atoms with van der Waals surface area (Å²) >= 11 is 3.48. The molecule has 4 aromatic rings. The molecule has 2 atom stereocenters. The molecule has 0 saturated carbocycles. The van der Waals surface area contributed by atoms with E-state index in [4.69, 9.17) is 5.10 Å². The molecule has 0 aliphatic rings. The lowest BCUT2D eigenvalue weighted by Crippen LogP contribution is -2.41. The van der Waals surface area contributed by atoms with E-state index in [1.807, 2.05) is 25.1 Å². The average molecular weight is 476 g/mol. The predicted molar refractivity (Wildman–Crippen MR) is 112 cm³/mol. The number of hydrogen-bond acceptors (Lipinski definition) is 4. The summed E-state index contributed by atoms with van der Waals surface area (Å²) in [5, 5.41) is 21.6. The number of nitrogens with zero attached hydrogens (tertiary/aromatic N) is 5. The van der Waals surface area contributed by atoms with E-state index in [2.05, 4.69) is 26.0 Å². The maximum absolute atomic E-state index is 14.8. The molecule has 0 aliphatic carbocycles. The SMILES string of the molecule is CCc1nn([C@H](C)[C@](O)(Cn2cncn2)c2ccc(F)cc2F)c2cc(Br)ccc12. The molecule has 0 amide bonds. The first-order chi connectivity index (χ1) is 14.3. The van der Waals surface area contributed by atoms with Gasteiger partial charge in [0.15, 0.2) is 0 Å². The van der Waals surface area contributed by atoms with Crippen molar-refractivity contribution in [3.63, 3.8) is 0 Å². The molecule has 0 aliphatic heterocycles. The van der Waals surface area contributed by atoms with E-state index in [1.165, 1.54) is 23.4 Å². The molecule has 2 aromatic heterocycles. The van der Waals surface area contributed by atoms with E-state index in [1.54, 1.807) is 11.6 Å². The van der Waals surface area contributed by atoms with E-state index >= 15 is 0 Å². The molecule has 9 heteroatoms. The second-order valence-corrected chi connectivity index (χ2v) is 8.14. The second-order valence-electron chi connectivity index (χ2n) is 7.22. The maximum atomic E-state index is 14.8. The lowest BCUT2D eigenvalue weighted by Gasteiger charge is -2.35. The van der Waals surface area contributed by atoms with Crippen molar-refractivity contribution >= 4 is 26.8 Å². The Bertz CT molecular complexity index is 1190. The molecule has 0 spiro atoms. The largest absolute Gasteiger partial charge is 0.381 e. The highest BCUT2D eigenvalue weighted by Crippen LogP contribution is 2.38. The molecule has 6 nitrogen and oxygen atoms in total. The fourth-order valence-corrected chi connectivity index (χ4v) is 4.13. The van der Waals surface area contributed by atoms with E-state index in [0.717, 1.165) is 33.2 Å². The number of fused-ring (bicyclic) bond motifs is 1. The van der Waals surface area contributed by atoms with Gasteiger partial charge in [-0.2, -0.15) is 10.2 Å². The minimum atomic E-state index is -1.78. The van der Waals surface area contributed by atoms with Crippen molar-refractivity contribution in [1.82, 2.24) is 24.5 Å². The van der Waals surface area contributed by atoms with Crippen LogP contribution in [-0.2, 0) is 18.6 Å². The predicted octanol–water partition coefficient (Wildman–Crippen LogP) is 4.38. The van der Waals surface area contributed by atoms with Gasteiger partial charge in [0.25, 0.3) is 0 Å². The van der Waals surface area contributed by atoms with Gasteiger partial charge in [-0.3, -0.25) is 4.68 Å². The number of aromatic nitrogens is 5. The molecule has 156 valence electrons.